The lowest BCUT2D eigenvalue weighted by molar-refractivity contribution is -0.137. The standard InChI is InChI=1S/C17H21ClN2O2S/c18-14-4-2-1-3-13(14)15-7-8-20(9-10-23-15)17(22)12-5-6-16(21)19-11-12/h1-4,12,15H,5-11H2,(H,19,21). The molecule has 0 aliphatic carbocycles. The van der Waals surface area contributed by atoms with Gasteiger partial charge in [0.1, 0.15) is 0 Å². The smallest absolute Gasteiger partial charge is 0.227 e. The van der Waals surface area contributed by atoms with Gasteiger partial charge in [0.15, 0.2) is 0 Å². The number of halogens is 1. The van der Waals surface area contributed by atoms with E-state index in [0.717, 1.165) is 30.3 Å². The molecule has 124 valence electrons. The molecule has 2 fully saturated rings. The SMILES string of the molecule is O=C1CCC(C(=O)N2CCSC(c3ccccc3Cl)CC2)CN1. The van der Waals surface area contributed by atoms with Gasteiger partial charge >= 0.3 is 0 Å². The van der Waals surface area contributed by atoms with Crippen molar-refractivity contribution in [2.45, 2.75) is 24.5 Å². The van der Waals surface area contributed by atoms with E-state index in [9.17, 15) is 9.59 Å². The Balaban J connectivity index is 1.61. The van der Waals surface area contributed by atoms with Crippen molar-refractivity contribution >= 4 is 35.2 Å². The summed E-state index contributed by atoms with van der Waals surface area (Å²) in [5, 5.41) is 3.95. The number of nitrogens with one attached hydrogen (secondary N) is 1. The number of hydrogen-bond acceptors (Lipinski definition) is 3. The molecule has 3 rings (SSSR count). The summed E-state index contributed by atoms with van der Waals surface area (Å²) in [6, 6.07) is 7.96. The number of thioether (sulfide) groups is 1. The van der Waals surface area contributed by atoms with E-state index in [2.05, 4.69) is 11.4 Å². The van der Waals surface area contributed by atoms with E-state index >= 15 is 0 Å². The van der Waals surface area contributed by atoms with Gasteiger partial charge in [-0.25, -0.2) is 0 Å². The van der Waals surface area contributed by atoms with Gasteiger partial charge < -0.3 is 10.2 Å². The Bertz CT molecular complexity index is 586. The number of piperidine rings is 1. The molecule has 2 atom stereocenters. The van der Waals surface area contributed by atoms with Crippen LogP contribution in [-0.2, 0) is 9.59 Å². The van der Waals surface area contributed by atoms with Crippen molar-refractivity contribution in [3.8, 4) is 0 Å². The molecule has 2 amide bonds. The summed E-state index contributed by atoms with van der Waals surface area (Å²) in [6.07, 6.45) is 2.04. The van der Waals surface area contributed by atoms with E-state index in [0.29, 0.717) is 24.6 Å². The van der Waals surface area contributed by atoms with Gasteiger partial charge in [0.2, 0.25) is 11.8 Å². The first kappa shape index (κ1) is 16.7. The van der Waals surface area contributed by atoms with E-state index in [4.69, 9.17) is 11.6 Å². The maximum absolute atomic E-state index is 12.7. The van der Waals surface area contributed by atoms with Crippen molar-refractivity contribution in [3.05, 3.63) is 34.9 Å². The fraction of sp³-hybridized carbons (Fsp3) is 0.529. The minimum Gasteiger partial charge on any atom is -0.355 e. The Morgan fingerprint density at radius 3 is 2.83 bits per heavy atom. The van der Waals surface area contributed by atoms with Crippen LogP contribution in [0.2, 0.25) is 5.02 Å². The average Bonchev–Trinajstić information content (AvgIpc) is 2.81. The number of nitrogens with zero attached hydrogens (tertiary/aromatic N) is 1. The van der Waals surface area contributed by atoms with Crippen LogP contribution in [0, 0.1) is 5.92 Å². The van der Waals surface area contributed by atoms with E-state index in [1.807, 2.05) is 34.9 Å². The summed E-state index contributed by atoms with van der Waals surface area (Å²) in [5.74, 6) is 1.10. The maximum atomic E-state index is 12.7. The van der Waals surface area contributed by atoms with Crippen LogP contribution in [0.1, 0.15) is 30.1 Å². The molecule has 2 saturated heterocycles. The molecule has 1 N–H and O–H groups in total. The highest BCUT2D eigenvalue weighted by molar-refractivity contribution is 7.99. The molecular formula is C17H21ClN2O2S. The minimum absolute atomic E-state index is 0.0549. The van der Waals surface area contributed by atoms with Gasteiger partial charge in [-0.05, 0) is 24.5 Å². The highest BCUT2D eigenvalue weighted by Crippen LogP contribution is 2.38. The summed E-state index contributed by atoms with van der Waals surface area (Å²) < 4.78 is 0. The Morgan fingerprint density at radius 1 is 1.26 bits per heavy atom. The number of rotatable bonds is 2. The van der Waals surface area contributed by atoms with E-state index in [-0.39, 0.29) is 17.7 Å². The monoisotopic (exact) mass is 352 g/mol. The molecule has 0 aromatic heterocycles. The fourth-order valence-electron chi connectivity index (χ4n) is 3.18. The van der Waals surface area contributed by atoms with Crippen LogP contribution < -0.4 is 5.32 Å². The highest BCUT2D eigenvalue weighted by atomic mass is 35.5. The Morgan fingerprint density at radius 2 is 2.09 bits per heavy atom. The van der Waals surface area contributed by atoms with Gasteiger partial charge in [0.05, 0.1) is 5.92 Å². The summed E-state index contributed by atoms with van der Waals surface area (Å²) >= 11 is 8.18. The molecule has 2 aliphatic rings. The largest absolute Gasteiger partial charge is 0.355 e. The van der Waals surface area contributed by atoms with E-state index < -0.39 is 0 Å². The molecule has 0 bridgehead atoms. The topological polar surface area (TPSA) is 49.4 Å². The molecule has 23 heavy (non-hydrogen) atoms. The summed E-state index contributed by atoms with van der Waals surface area (Å²) in [5.41, 5.74) is 1.17. The average molecular weight is 353 g/mol. The van der Waals surface area contributed by atoms with Gasteiger partial charge in [-0.2, -0.15) is 11.8 Å². The molecule has 4 nitrogen and oxygen atoms in total. The molecule has 0 saturated carbocycles. The zero-order valence-corrected chi connectivity index (χ0v) is 14.5. The Hall–Kier alpha value is -1.20. The lowest BCUT2D eigenvalue weighted by Crippen LogP contribution is -2.45. The normalized spacial score (nSPS) is 25.6. The van der Waals surface area contributed by atoms with Crippen LogP contribution in [0.3, 0.4) is 0 Å². The van der Waals surface area contributed by atoms with Crippen molar-refractivity contribution in [3.63, 3.8) is 0 Å². The van der Waals surface area contributed by atoms with Gasteiger partial charge in [0.25, 0.3) is 0 Å². The Kier molecular flexibility index (Phi) is 5.49. The van der Waals surface area contributed by atoms with Crippen molar-refractivity contribution in [1.29, 1.82) is 0 Å². The number of hydrogen-bond donors (Lipinski definition) is 1. The first-order chi connectivity index (χ1) is 11.1. The number of carbonyl (C=O) groups is 2. The molecule has 0 radical (unpaired) electrons. The van der Waals surface area contributed by atoms with Crippen LogP contribution >= 0.6 is 23.4 Å². The first-order valence-corrected chi connectivity index (χ1v) is 9.49. The van der Waals surface area contributed by atoms with Crippen LogP contribution in [0.25, 0.3) is 0 Å². The molecule has 1 aromatic rings. The second-order valence-corrected chi connectivity index (χ2v) is 7.75. The molecular weight excluding hydrogens is 332 g/mol. The summed E-state index contributed by atoms with van der Waals surface area (Å²) in [7, 11) is 0. The second kappa shape index (κ2) is 7.58. The molecule has 2 unspecified atom stereocenters. The fourth-order valence-corrected chi connectivity index (χ4v) is 4.78. The third kappa shape index (κ3) is 4.01. The summed E-state index contributed by atoms with van der Waals surface area (Å²) in [6.45, 7) is 2.01. The summed E-state index contributed by atoms with van der Waals surface area (Å²) in [4.78, 5) is 25.9. The zero-order valence-electron chi connectivity index (χ0n) is 13.0. The van der Waals surface area contributed by atoms with Crippen molar-refractivity contribution in [2.75, 3.05) is 25.4 Å². The van der Waals surface area contributed by atoms with Crippen molar-refractivity contribution in [2.24, 2.45) is 5.92 Å². The lowest BCUT2D eigenvalue weighted by atomic mass is 9.97. The predicted molar refractivity (Wildman–Crippen MR) is 93.6 cm³/mol. The van der Waals surface area contributed by atoms with Gasteiger partial charge in [-0.1, -0.05) is 29.8 Å². The number of amides is 2. The van der Waals surface area contributed by atoms with Gasteiger partial charge in [-0.15, -0.1) is 0 Å². The minimum atomic E-state index is -0.0606. The quantitative estimate of drug-likeness (QED) is 0.890. The van der Waals surface area contributed by atoms with Crippen LogP contribution in [0.15, 0.2) is 24.3 Å². The van der Waals surface area contributed by atoms with Crippen molar-refractivity contribution < 1.29 is 9.59 Å². The Labute approximate surface area is 145 Å². The predicted octanol–water partition coefficient (Wildman–Crippen LogP) is 2.87. The van der Waals surface area contributed by atoms with Crippen molar-refractivity contribution in [1.82, 2.24) is 10.2 Å². The molecule has 1 aromatic carbocycles. The number of carbonyl (C=O) groups excluding carboxylic acids is 2. The van der Waals surface area contributed by atoms with Gasteiger partial charge in [-0.3, -0.25) is 9.59 Å². The van der Waals surface area contributed by atoms with Crippen LogP contribution in [-0.4, -0.2) is 42.1 Å². The first-order valence-electron chi connectivity index (χ1n) is 8.06. The maximum Gasteiger partial charge on any atom is 0.227 e. The van der Waals surface area contributed by atoms with Crippen LogP contribution in [0.4, 0.5) is 0 Å². The molecule has 2 aliphatic heterocycles. The van der Waals surface area contributed by atoms with E-state index in [1.54, 1.807) is 0 Å². The third-order valence-corrected chi connectivity index (χ3v) is 6.17. The van der Waals surface area contributed by atoms with Gasteiger partial charge in [0, 0.05) is 42.1 Å². The van der Waals surface area contributed by atoms with E-state index in [1.165, 1.54) is 5.56 Å². The molecule has 0 spiro atoms. The highest BCUT2D eigenvalue weighted by Gasteiger charge is 2.30. The second-order valence-electron chi connectivity index (χ2n) is 6.03. The molecule has 6 heteroatoms. The van der Waals surface area contributed by atoms with Crippen LogP contribution in [0.5, 0.6) is 0 Å². The molecule has 2 heterocycles. The zero-order chi connectivity index (χ0) is 16.2. The lowest BCUT2D eigenvalue weighted by Gasteiger charge is -2.28. The third-order valence-electron chi connectivity index (χ3n) is 4.52. The number of benzene rings is 1.